The maximum absolute atomic E-state index is 12.6. The Labute approximate surface area is 191 Å². The highest BCUT2D eigenvalue weighted by Crippen LogP contribution is 2.24. The molecular formula is C26H22N2O5. The molecule has 0 unspecified atom stereocenters. The molecule has 1 aliphatic heterocycles. The largest absolute Gasteiger partial charge is 0.452 e. The summed E-state index contributed by atoms with van der Waals surface area (Å²) in [7, 11) is 0. The van der Waals surface area contributed by atoms with E-state index >= 15 is 0 Å². The molecule has 3 aromatic carbocycles. The number of nitrogens with zero attached hydrogens (tertiary/aromatic N) is 1. The third kappa shape index (κ3) is 5.15. The van der Waals surface area contributed by atoms with Gasteiger partial charge in [-0.25, -0.2) is 4.79 Å². The summed E-state index contributed by atoms with van der Waals surface area (Å²) >= 11 is 0. The molecule has 4 rings (SSSR count). The average Bonchev–Trinajstić information content (AvgIpc) is 3.08. The molecule has 7 nitrogen and oxygen atoms in total. The number of nitrogens with one attached hydrogen (secondary N) is 1. The minimum atomic E-state index is -0.655. The van der Waals surface area contributed by atoms with Crippen molar-refractivity contribution in [1.82, 2.24) is 10.2 Å². The van der Waals surface area contributed by atoms with E-state index in [1.165, 1.54) is 0 Å². The first-order valence-corrected chi connectivity index (χ1v) is 10.5. The van der Waals surface area contributed by atoms with Gasteiger partial charge in [0, 0.05) is 6.54 Å². The van der Waals surface area contributed by atoms with Crippen LogP contribution in [0.3, 0.4) is 0 Å². The quantitative estimate of drug-likeness (QED) is 0.428. The van der Waals surface area contributed by atoms with Crippen molar-refractivity contribution in [3.05, 3.63) is 107 Å². The number of carbonyl (C=O) groups is 4. The molecule has 1 heterocycles. The molecule has 0 aliphatic carbocycles. The standard InChI is InChI=1S/C26H22N2O5/c29-23(27-14-13-18-7-2-1-3-8-18)17-33-26(32)20-10-6-9-19(15-20)16-28-24(30)21-11-4-5-12-22(21)25(28)31/h1-12,15H,13-14,16-17H2,(H,27,29). The first-order chi connectivity index (χ1) is 16.0. The van der Waals surface area contributed by atoms with Crippen molar-refractivity contribution in [3.8, 4) is 0 Å². The van der Waals surface area contributed by atoms with E-state index in [4.69, 9.17) is 4.74 Å². The van der Waals surface area contributed by atoms with Crippen LogP contribution in [0.5, 0.6) is 0 Å². The number of benzene rings is 3. The lowest BCUT2D eigenvalue weighted by Gasteiger charge is -2.14. The van der Waals surface area contributed by atoms with E-state index < -0.39 is 12.6 Å². The van der Waals surface area contributed by atoms with Crippen molar-refractivity contribution in [3.63, 3.8) is 0 Å². The zero-order chi connectivity index (χ0) is 23.2. The summed E-state index contributed by atoms with van der Waals surface area (Å²) in [6, 6.07) is 22.9. The Kier molecular flexibility index (Phi) is 6.59. The molecule has 0 fully saturated rings. The second-order valence-electron chi connectivity index (χ2n) is 7.60. The van der Waals surface area contributed by atoms with Gasteiger partial charge in [-0.05, 0) is 41.8 Å². The van der Waals surface area contributed by atoms with Crippen LogP contribution in [-0.2, 0) is 22.5 Å². The summed E-state index contributed by atoms with van der Waals surface area (Å²) in [5, 5.41) is 2.72. The highest BCUT2D eigenvalue weighted by Gasteiger charge is 2.35. The molecule has 7 heteroatoms. The Balaban J connectivity index is 1.29. The van der Waals surface area contributed by atoms with Gasteiger partial charge in [-0.1, -0.05) is 54.6 Å². The smallest absolute Gasteiger partial charge is 0.338 e. The average molecular weight is 442 g/mol. The van der Waals surface area contributed by atoms with Gasteiger partial charge in [-0.15, -0.1) is 0 Å². The third-order valence-electron chi connectivity index (χ3n) is 5.29. The second-order valence-corrected chi connectivity index (χ2v) is 7.60. The molecule has 0 radical (unpaired) electrons. The lowest BCUT2D eigenvalue weighted by molar-refractivity contribution is -0.124. The number of carbonyl (C=O) groups excluding carboxylic acids is 4. The van der Waals surface area contributed by atoms with E-state index in [0.717, 1.165) is 10.5 Å². The predicted octanol–water partition coefficient (Wildman–Crippen LogP) is 3.00. The second kappa shape index (κ2) is 9.91. The summed E-state index contributed by atoms with van der Waals surface area (Å²) in [6.07, 6.45) is 0.681. The van der Waals surface area contributed by atoms with Gasteiger partial charge in [0.2, 0.25) is 0 Å². The zero-order valence-corrected chi connectivity index (χ0v) is 17.8. The number of ether oxygens (including phenoxy) is 1. The maximum atomic E-state index is 12.6. The highest BCUT2D eigenvalue weighted by molar-refractivity contribution is 6.21. The van der Waals surface area contributed by atoms with Crippen molar-refractivity contribution in [1.29, 1.82) is 0 Å². The number of amides is 3. The Hall–Kier alpha value is -4.26. The molecule has 3 amide bonds. The van der Waals surface area contributed by atoms with Crippen LogP contribution >= 0.6 is 0 Å². The van der Waals surface area contributed by atoms with Gasteiger partial charge < -0.3 is 10.1 Å². The van der Waals surface area contributed by atoms with Gasteiger partial charge in [-0.2, -0.15) is 0 Å². The molecule has 33 heavy (non-hydrogen) atoms. The van der Waals surface area contributed by atoms with Crippen LogP contribution in [0.2, 0.25) is 0 Å². The van der Waals surface area contributed by atoms with Crippen LogP contribution in [0.4, 0.5) is 0 Å². The van der Waals surface area contributed by atoms with Gasteiger partial charge in [-0.3, -0.25) is 19.3 Å². The third-order valence-corrected chi connectivity index (χ3v) is 5.29. The van der Waals surface area contributed by atoms with Crippen LogP contribution in [0.15, 0.2) is 78.9 Å². The van der Waals surface area contributed by atoms with Gasteiger partial charge in [0.25, 0.3) is 17.7 Å². The molecule has 166 valence electrons. The minimum absolute atomic E-state index is 0.0352. The lowest BCUT2D eigenvalue weighted by Crippen LogP contribution is -2.30. The van der Waals surface area contributed by atoms with Crippen molar-refractivity contribution < 1.29 is 23.9 Å². The molecule has 1 N–H and O–H groups in total. The first-order valence-electron chi connectivity index (χ1n) is 10.5. The molecule has 0 spiro atoms. The number of hydrogen-bond donors (Lipinski definition) is 1. The summed E-state index contributed by atoms with van der Waals surface area (Å²) < 4.78 is 5.11. The number of imide groups is 1. The van der Waals surface area contributed by atoms with Crippen LogP contribution in [-0.4, -0.2) is 41.7 Å². The van der Waals surface area contributed by atoms with E-state index in [1.807, 2.05) is 30.3 Å². The molecular weight excluding hydrogens is 420 g/mol. The Morgan fingerprint density at radius 3 is 2.12 bits per heavy atom. The highest BCUT2D eigenvalue weighted by atomic mass is 16.5. The van der Waals surface area contributed by atoms with Crippen LogP contribution in [0, 0.1) is 0 Å². The van der Waals surface area contributed by atoms with E-state index in [1.54, 1.807) is 48.5 Å². The molecule has 0 aromatic heterocycles. The van der Waals surface area contributed by atoms with E-state index in [0.29, 0.717) is 29.7 Å². The molecule has 0 bridgehead atoms. The van der Waals surface area contributed by atoms with Crippen LogP contribution in [0.1, 0.15) is 42.2 Å². The molecule has 0 saturated carbocycles. The van der Waals surface area contributed by atoms with Crippen molar-refractivity contribution in [2.45, 2.75) is 13.0 Å². The summed E-state index contributed by atoms with van der Waals surface area (Å²) in [4.78, 5) is 50.6. The number of hydrogen-bond acceptors (Lipinski definition) is 5. The fraction of sp³-hybridized carbons (Fsp3) is 0.154. The van der Waals surface area contributed by atoms with Gasteiger partial charge in [0.1, 0.15) is 0 Å². The van der Waals surface area contributed by atoms with Gasteiger partial charge in [0.15, 0.2) is 6.61 Å². The normalized spacial score (nSPS) is 12.4. The predicted molar refractivity (Wildman–Crippen MR) is 121 cm³/mol. The fourth-order valence-electron chi connectivity index (χ4n) is 3.62. The molecule has 3 aromatic rings. The monoisotopic (exact) mass is 442 g/mol. The number of rotatable bonds is 8. The van der Waals surface area contributed by atoms with Crippen LogP contribution in [0.25, 0.3) is 0 Å². The summed E-state index contributed by atoms with van der Waals surface area (Å²) in [5.41, 5.74) is 2.69. The zero-order valence-electron chi connectivity index (χ0n) is 17.8. The maximum Gasteiger partial charge on any atom is 0.338 e. The lowest BCUT2D eigenvalue weighted by atomic mass is 10.1. The summed E-state index contributed by atoms with van der Waals surface area (Å²) in [5.74, 6) is -1.77. The van der Waals surface area contributed by atoms with Crippen molar-refractivity contribution in [2.75, 3.05) is 13.2 Å². The minimum Gasteiger partial charge on any atom is -0.452 e. The molecule has 1 aliphatic rings. The van der Waals surface area contributed by atoms with Crippen molar-refractivity contribution >= 4 is 23.7 Å². The Morgan fingerprint density at radius 1 is 0.788 bits per heavy atom. The van der Waals surface area contributed by atoms with E-state index in [2.05, 4.69) is 5.32 Å². The number of esters is 1. The van der Waals surface area contributed by atoms with E-state index in [-0.39, 0.29) is 29.8 Å². The van der Waals surface area contributed by atoms with Crippen molar-refractivity contribution in [2.24, 2.45) is 0 Å². The molecule has 0 atom stereocenters. The molecule has 0 saturated heterocycles. The van der Waals surface area contributed by atoms with Gasteiger partial charge >= 0.3 is 5.97 Å². The number of fused-ring (bicyclic) bond motifs is 1. The van der Waals surface area contributed by atoms with Crippen LogP contribution < -0.4 is 5.32 Å². The Morgan fingerprint density at radius 2 is 1.42 bits per heavy atom. The Bertz CT molecular complexity index is 1170. The first kappa shape index (κ1) is 22.0. The fourth-order valence-corrected chi connectivity index (χ4v) is 3.62. The van der Waals surface area contributed by atoms with E-state index in [9.17, 15) is 19.2 Å². The summed E-state index contributed by atoms with van der Waals surface area (Å²) in [6.45, 7) is 0.0832. The SMILES string of the molecule is O=C(COC(=O)c1cccc(CN2C(=O)c3ccccc3C2=O)c1)NCCc1ccccc1. The van der Waals surface area contributed by atoms with Gasteiger partial charge in [0.05, 0.1) is 23.2 Å². The topological polar surface area (TPSA) is 92.8 Å².